The van der Waals surface area contributed by atoms with E-state index in [-0.39, 0.29) is 12.2 Å². The summed E-state index contributed by atoms with van der Waals surface area (Å²) in [7, 11) is 0. The van der Waals surface area contributed by atoms with Crippen molar-refractivity contribution in [1.82, 2.24) is 0 Å². The number of ether oxygens (including phenoxy) is 1. The van der Waals surface area contributed by atoms with Crippen LogP contribution in [0.3, 0.4) is 0 Å². The van der Waals surface area contributed by atoms with Gasteiger partial charge in [-0.25, -0.2) is 4.79 Å². The highest BCUT2D eigenvalue weighted by molar-refractivity contribution is 5.84. The van der Waals surface area contributed by atoms with Crippen LogP contribution in [0.1, 0.15) is 5.56 Å². The zero-order chi connectivity index (χ0) is 11.3. The van der Waals surface area contributed by atoms with Gasteiger partial charge in [-0.3, -0.25) is 4.79 Å². The van der Waals surface area contributed by atoms with Crippen LogP contribution >= 0.6 is 0 Å². The van der Waals surface area contributed by atoms with Crippen molar-refractivity contribution in [3.63, 3.8) is 0 Å². The molecule has 1 aromatic rings. The molecule has 4 heteroatoms. The smallest absolute Gasteiger partial charge is 0.335 e. The van der Waals surface area contributed by atoms with Gasteiger partial charge in [0.1, 0.15) is 5.75 Å². The molecule has 15 heavy (non-hydrogen) atoms. The minimum atomic E-state index is -0.975. The maximum Gasteiger partial charge on any atom is 0.335 e. The normalized spacial score (nSPS) is 9.33. The van der Waals surface area contributed by atoms with Gasteiger partial charge >= 0.3 is 11.9 Å². The first-order valence-electron chi connectivity index (χ1n) is 4.27. The Balaban J connectivity index is 2.90. The summed E-state index contributed by atoms with van der Waals surface area (Å²) in [5.74, 6) is -1.32. The molecule has 0 spiro atoms. The van der Waals surface area contributed by atoms with E-state index in [0.717, 1.165) is 6.08 Å². The Kier molecular flexibility index (Phi) is 3.62. The van der Waals surface area contributed by atoms with Gasteiger partial charge in [0.2, 0.25) is 0 Å². The predicted molar refractivity (Wildman–Crippen MR) is 53.6 cm³/mol. The van der Waals surface area contributed by atoms with E-state index in [1.54, 1.807) is 24.3 Å². The van der Waals surface area contributed by atoms with Crippen LogP contribution in [0.4, 0.5) is 0 Å². The van der Waals surface area contributed by atoms with Crippen LogP contribution in [0.15, 0.2) is 36.9 Å². The molecule has 0 aliphatic heterocycles. The summed E-state index contributed by atoms with van der Waals surface area (Å²) >= 11 is 0. The van der Waals surface area contributed by atoms with Crippen LogP contribution in [0.5, 0.6) is 5.75 Å². The molecule has 0 unspecified atom stereocenters. The fourth-order valence-electron chi connectivity index (χ4n) is 1.06. The van der Waals surface area contributed by atoms with Crippen molar-refractivity contribution in [2.75, 3.05) is 0 Å². The topological polar surface area (TPSA) is 63.6 Å². The minimum absolute atomic E-state index is 0.180. The van der Waals surface area contributed by atoms with E-state index < -0.39 is 11.9 Å². The quantitative estimate of drug-likeness (QED) is 0.459. The van der Waals surface area contributed by atoms with Crippen molar-refractivity contribution in [3.8, 4) is 5.75 Å². The predicted octanol–water partition coefficient (Wildman–Crippen LogP) is 1.41. The molecular weight excluding hydrogens is 196 g/mol. The van der Waals surface area contributed by atoms with E-state index in [4.69, 9.17) is 9.84 Å². The zero-order valence-electron chi connectivity index (χ0n) is 7.97. The summed E-state index contributed by atoms with van der Waals surface area (Å²) in [6, 6.07) is 6.49. The molecule has 0 fully saturated rings. The summed E-state index contributed by atoms with van der Waals surface area (Å²) in [6.45, 7) is 3.26. The average molecular weight is 206 g/mol. The summed E-state index contributed by atoms with van der Waals surface area (Å²) in [5, 5.41) is 8.62. The molecule has 0 aliphatic rings. The van der Waals surface area contributed by atoms with Crippen LogP contribution in [0.25, 0.3) is 0 Å². The number of carbonyl (C=O) groups excluding carboxylic acids is 1. The second-order valence-corrected chi connectivity index (χ2v) is 2.80. The molecule has 0 radical (unpaired) electrons. The Bertz CT molecular complexity index is 395. The molecule has 0 aromatic heterocycles. The van der Waals surface area contributed by atoms with E-state index in [0.29, 0.717) is 5.56 Å². The second kappa shape index (κ2) is 4.95. The highest BCUT2D eigenvalue weighted by Gasteiger charge is 2.09. The van der Waals surface area contributed by atoms with Crippen LogP contribution in [-0.2, 0) is 16.0 Å². The zero-order valence-corrected chi connectivity index (χ0v) is 7.97. The number of aliphatic carboxylic acids is 1. The lowest BCUT2D eigenvalue weighted by atomic mass is 10.1. The first kappa shape index (κ1) is 11.0. The third-order valence-electron chi connectivity index (χ3n) is 1.69. The summed E-state index contributed by atoms with van der Waals surface area (Å²) in [4.78, 5) is 21.4. The van der Waals surface area contributed by atoms with Crippen molar-refractivity contribution in [2.24, 2.45) is 0 Å². The first-order valence-corrected chi connectivity index (χ1v) is 4.27. The Morgan fingerprint density at radius 3 is 2.67 bits per heavy atom. The standard InChI is InChI=1S/C11H10O4/c1-2-11(14)15-9-6-4-3-5-8(9)7-10(12)13/h2-6H,1,7H2,(H,12,13). The fourth-order valence-corrected chi connectivity index (χ4v) is 1.06. The summed E-state index contributed by atoms with van der Waals surface area (Å²) in [6.07, 6.45) is 0.845. The van der Waals surface area contributed by atoms with Crippen LogP contribution in [0.2, 0.25) is 0 Å². The Hall–Kier alpha value is -2.10. The molecular formula is C11H10O4. The highest BCUT2D eigenvalue weighted by atomic mass is 16.5. The van der Waals surface area contributed by atoms with Gasteiger partial charge in [0.05, 0.1) is 6.42 Å². The molecule has 0 atom stereocenters. The molecule has 78 valence electrons. The van der Waals surface area contributed by atoms with E-state index in [1.165, 1.54) is 0 Å². The van der Waals surface area contributed by atoms with Crippen molar-refractivity contribution >= 4 is 11.9 Å². The molecule has 0 heterocycles. The maximum atomic E-state index is 10.9. The lowest BCUT2D eigenvalue weighted by Crippen LogP contribution is -2.07. The number of hydrogen-bond donors (Lipinski definition) is 1. The number of rotatable bonds is 4. The van der Waals surface area contributed by atoms with Gasteiger partial charge in [-0.2, -0.15) is 0 Å². The monoisotopic (exact) mass is 206 g/mol. The summed E-state index contributed by atoms with van der Waals surface area (Å²) < 4.78 is 4.88. The lowest BCUT2D eigenvalue weighted by Gasteiger charge is -2.06. The Labute approximate surface area is 86.8 Å². The average Bonchev–Trinajstić information content (AvgIpc) is 2.20. The van der Waals surface area contributed by atoms with Crippen molar-refractivity contribution in [2.45, 2.75) is 6.42 Å². The van der Waals surface area contributed by atoms with Crippen LogP contribution in [-0.4, -0.2) is 17.0 Å². The third kappa shape index (κ3) is 3.27. The van der Waals surface area contributed by atoms with E-state index in [1.807, 2.05) is 0 Å². The second-order valence-electron chi connectivity index (χ2n) is 2.80. The molecule has 1 rings (SSSR count). The van der Waals surface area contributed by atoms with Crippen LogP contribution < -0.4 is 4.74 Å². The number of hydrogen-bond acceptors (Lipinski definition) is 3. The molecule has 4 nitrogen and oxygen atoms in total. The molecule has 1 N–H and O–H groups in total. The number of carbonyl (C=O) groups is 2. The fraction of sp³-hybridized carbons (Fsp3) is 0.0909. The van der Waals surface area contributed by atoms with Gasteiger partial charge in [-0.05, 0) is 6.07 Å². The molecule has 0 saturated carbocycles. The molecule has 0 bridgehead atoms. The van der Waals surface area contributed by atoms with Crippen molar-refractivity contribution < 1.29 is 19.4 Å². The molecule has 0 amide bonds. The van der Waals surface area contributed by atoms with Gasteiger partial charge in [0.15, 0.2) is 0 Å². The SMILES string of the molecule is C=CC(=O)Oc1ccccc1CC(=O)O. The molecule has 0 aliphatic carbocycles. The minimum Gasteiger partial charge on any atom is -0.481 e. The van der Waals surface area contributed by atoms with Gasteiger partial charge in [-0.1, -0.05) is 24.8 Å². The highest BCUT2D eigenvalue weighted by Crippen LogP contribution is 2.18. The first-order chi connectivity index (χ1) is 7.13. The van der Waals surface area contributed by atoms with E-state index in [2.05, 4.69) is 6.58 Å². The molecule has 0 saturated heterocycles. The summed E-state index contributed by atoms with van der Waals surface area (Å²) in [5.41, 5.74) is 0.459. The van der Waals surface area contributed by atoms with Gasteiger partial charge in [0.25, 0.3) is 0 Å². The third-order valence-corrected chi connectivity index (χ3v) is 1.69. The number of esters is 1. The number of carboxylic acids is 1. The van der Waals surface area contributed by atoms with Crippen molar-refractivity contribution in [3.05, 3.63) is 42.5 Å². The number of carboxylic acid groups (broad SMARTS) is 1. The van der Waals surface area contributed by atoms with Crippen LogP contribution in [0, 0.1) is 0 Å². The largest absolute Gasteiger partial charge is 0.481 e. The van der Waals surface area contributed by atoms with Gasteiger partial charge in [-0.15, -0.1) is 0 Å². The maximum absolute atomic E-state index is 10.9. The lowest BCUT2D eigenvalue weighted by molar-refractivity contribution is -0.136. The Morgan fingerprint density at radius 1 is 1.40 bits per heavy atom. The number of para-hydroxylation sites is 1. The van der Waals surface area contributed by atoms with E-state index in [9.17, 15) is 9.59 Å². The molecule has 1 aromatic carbocycles. The Morgan fingerprint density at radius 2 is 2.07 bits per heavy atom. The van der Waals surface area contributed by atoms with E-state index >= 15 is 0 Å². The van der Waals surface area contributed by atoms with Crippen molar-refractivity contribution in [1.29, 1.82) is 0 Å². The number of benzene rings is 1. The van der Waals surface area contributed by atoms with Gasteiger partial charge in [0, 0.05) is 11.6 Å². The van der Waals surface area contributed by atoms with Gasteiger partial charge < -0.3 is 9.84 Å².